The molecule has 1 unspecified atom stereocenters. The van der Waals surface area contributed by atoms with E-state index in [0.717, 1.165) is 16.8 Å². The van der Waals surface area contributed by atoms with Gasteiger partial charge >= 0.3 is 0 Å². The van der Waals surface area contributed by atoms with Crippen molar-refractivity contribution in [2.45, 2.75) is 29.7 Å². The van der Waals surface area contributed by atoms with E-state index >= 15 is 0 Å². The second kappa shape index (κ2) is 7.87. The molecule has 21 heavy (non-hydrogen) atoms. The van der Waals surface area contributed by atoms with Gasteiger partial charge in [-0.05, 0) is 49.9 Å². The lowest BCUT2D eigenvalue weighted by Crippen LogP contribution is -2.19. The smallest absolute Gasteiger partial charge is 0.124 e. The third kappa shape index (κ3) is 4.25. The van der Waals surface area contributed by atoms with Crippen molar-refractivity contribution in [3.05, 3.63) is 52.5 Å². The van der Waals surface area contributed by atoms with E-state index in [1.54, 1.807) is 18.9 Å². The Balaban J connectivity index is 2.35. The van der Waals surface area contributed by atoms with Crippen LogP contribution >= 0.6 is 27.7 Å². The fraction of sp³-hybridized carbons (Fsp3) is 0.294. The van der Waals surface area contributed by atoms with Gasteiger partial charge in [0.1, 0.15) is 5.75 Å². The molecule has 0 aliphatic carbocycles. The summed E-state index contributed by atoms with van der Waals surface area (Å²) in [4.78, 5) is 2.45. The molecule has 2 nitrogen and oxygen atoms in total. The summed E-state index contributed by atoms with van der Waals surface area (Å²) in [7, 11) is 1.73. The van der Waals surface area contributed by atoms with E-state index in [-0.39, 0.29) is 6.04 Å². The Morgan fingerprint density at radius 3 is 2.52 bits per heavy atom. The third-order valence-corrected chi connectivity index (χ3v) is 4.84. The Labute approximate surface area is 139 Å². The van der Waals surface area contributed by atoms with Gasteiger partial charge in [0.25, 0.3) is 0 Å². The number of hydrogen-bond donors (Lipinski definition) is 1. The van der Waals surface area contributed by atoms with Crippen molar-refractivity contribution in [1.29, 1.82) is 0 Å². The molecular formula is C17H20BrNOS. The molecule has 0 saturated heterocycles. The lowest BCUT2D eigenvalue weighted by molar-refractivity contribution is 0.400. The zero-order chi connectivity index (χ0) is 15.2. The number of benzene rings is 2. The van der Waals surface area contributed by atoms with Gasteiger partial charge in [0.15, 0.2) is 0 Å². The standard InChI is InChI=1S/C17H20BrNOS/c1-4-19-12(2)17-15(20-3)6-5-7-16(17)21-14-10-8-13(18)9-11-14/h5-12,19H,4H2,1-3H3. The van der Waals surface area contributed by atoms with Crippen molar-refractivity contribution < 1.29 is 4.74 Å². The first-order valence-corrected chi connectivity index (χ1v) is 8.60. The second-order valence-electron chi connectivity index (χ2n) is 4.71. The minimum atomic E-state index is 0.254. The van der Waals surface area contributed by atoms with Crippen LogP contribution in [0.25, 0.3) is 0 Å². The zero-order valence-corrected chi connectivity index (χ0v) is 14.9. The average Bonchev–Trinajstić information content (AvgIpc) is 2.49. The highest BCUT2D eigenvalue weighted by Crippen LogP contribution is 2.38. The summed E-state index contributed by atoms with van der Waals surface area (Å²) >= 11 is 5.24. The van der Waals surface area contributed by atoms with Crippen LogP contribution in [-0.4, -0.2) is 13.7 Å². The molecule has 0 saturated carbocycles. The Morgan fingerprint density at radius 1 is 1.19 bits per heavy atom. The molecule has 112 valence electrons. The Bertz CT molecular complexity index is 586. The van der Waals surface area contributed by atoms with Gasteiger partial charge in [-0.25, -0.2) is 0 Å². The molecule has 0 aromatic heterocycles. The fourth-order valence-corrected chi connectivity index (χ4v) is 3.58. The van der Waals surface area contributed by atoms with Crippen molar-refractivity contribution in [3.63, 3.8) is 0 Å². The minimum Gasteiger partial charge on any atom is -0.496 e. The van der Waals surface area contributed by atoms with Crippen molar-refractivity contribution in [2.75, 3.05) is 13.7 Å². The van der Waals surface area contributed by atoms with Crippen LogP contribution in [0.15, 0.2) is 56.7 Å². The average molecular weight is 366 g/mol. The maximum Gasteiger partial charge on any atom is 0.124 e. The molecule has 0 aliphatic rings. The van der Waals surface area contributed by atoms with E-state index < -0.39 is 0 Å². The summed E-state index contributed by atoms with van der Waals surface area (Å²) in [5.41, 5.74) is 1.22. The van der Waals surface area contributed by atoms with Crippen LogP contribution in [0.1, 0.15) is 25.5 Å². The van der Waals surface area contributed by atoms with E-state index in [2.05, 4.69) is 65.4 Å². The largest absolute Gasteiger partial charge is 0.496 e. The topological polar surface area (TPSA) is 21.3 Å². The van der Waals surface area contributed by atoms with Gasteiger partial charge in [-0.2, -0.15) is 0 Å². The number of nitrogens with one attached hydrogen (secondary N) is 1. The molecule has 0 spiro atoms. The third-order valence-electron chi connectivity index (χ3n) is 3.23. The van der Waals surface area contributed by atoms with Gasteiger partial charge in [-0.1, -0.05) is 40.7 Å². The van der Waals surface area contributed by atoms with Crippen LogP contribution in [0, 0.1) is 0 Å². The molecular weight excluding hydrogens is 346 g/mol. The van der Waals surface area contributed by atoms with Gasteiger partial charge in [-0.3, -0.25) is 0 Å². The van der Waals surface area contributed by atoms with Crippen LogP contribution in [0.4, 0.5) is 0 Å². The maximum atomic E-state index is 5.55. The van der Waals surface area contributed by atoms with Crippen molar-refractivity contribution in [2.24, 2.45) is 0 Å². The predicted molar refractivity (Wildman–Crippen MR) is 93.4 cm³/mol. The number of rotatable bonds is 6. The first-order valence-electron chi connectivity index (χ1n) is 6.99. The Morgan fingerprint density at radius 2 is 1.90 bits per heavy atom. The minimum absolute atomic E-state index is 0.254. The summed E-state index contributed by atoms with van der Waals surface area (Å²) < 4.78 is 6.65. The molecule has 1 atom stereocenters. The second-order valence-corrected chi connectivity index (χ2v) is 6.74. The normalized spacial score (nSPS) is 12.2. The fourth-order valence-electron chi connectivity index (χ4n) is 2.26. The monoisotopic (exact) mass is 365 g/mol. The van der Waals surface area contributed by atoms with Crippen LogP contribution < -0.4 is 10.1 Å². The molecule has 0 heterocycles. The Hall–Kier alpha value is -0.970. The SMILES string of the molecule is CCNC(C)c1c(OC)cccc1Sc1ccc(Br)cc1. The lowest BCUT2D eigenvalue weighted by Gasteiger charge is -2.20. The van der Waals surface area contributed by atoms with Crippen LogP contribution in [0.2, 0.25) is 0 Å². The molecule has 2 aromatic carbocycles. The van der Waals surface area contributed by atoms with E-state index in [0.29, 0.717) is 0 Å². The van der Waals surface area contributed by atoms with Crippen molar-refractivity contribution in [1.82, 2.24) is 5.32 Å². The molecule has 0 bridgehead atoms. The molecule has 2 rings (SSSR count). The van der Waals surface area contributed by atoms with Gasteiger partial charge < -0.3 is 10.1 Å². The van der Waals surface area contributed by atoms with Crippen molar-refractivity contribution in [3.8, 4) is 5.75 Å². The van der Waals surface area contributed by atoms with Gasteiger partial charge in [0, 0.05) is 25.9 Å². The predicted octanol–water partition coefficient (Wildman–Crippen LogP) is 5.28. The summed E-state index contributed by atoms with van der Waals surface area (Å²) in [5, 5.41) is 3.47. The van der Waals surface area contributed by atoms with Crippen LogP contribution in [0.3, 0.4) is 0 Å². The molecule has 2 aromatic rings. The zero-order valence-electron chi connectivity index (χ0n) is 12.5. The summed E-state index contributed by atoms with van der Waals surface area (Å²) in [6, 6.07) is 14.8. The molecule has 0 radical (unpaired) electrons. The van der Waals surface area contributed by atoms with Crippen molar-refractivity contribution >= 4 is 27.7 Å². The molecule has 0 fully saturated rings. The highest BCUT2D eigenvalue weighted by atomic mass is 79.9. The first-order chi connectivity index (χ1) is 10.2. The number of ether oxygens (including phenoxy) is 1. The molecule has 0 amide bonds. The van der Waals surface area contributed by atoms with Gasteiger partial charge in [-0.15, -0.1) is 0 Å². The summed E-state index contributed by atoms with van der Waals surface area (Å²) in [5.74, 6) is 0.936. The van der Waals surface area contributed by atoms with E-state index in [9.17, 15) is 0 Å². The number of methoxy groups -OCH3 is 1. The molecule has 4 heteroatoms. The van der Waals surface area contributed by atoms with E-state index in [4.69, 9.17) is 4.74 Å². The molecule has 1 N–H and O–H groups in total. The van der Waals surface area contributed by atoms with Crippen LogP contribution in [-0.2, 0) is 0 Å². The Kier molecular flexibility index (Phi) is 6.15. The quantitative estimate of drug-likeness (QED) is 0.752. The van der Waals surface area contributed by atoms with Crippen LogP contribution in [0.5, 0.6) is 5.75 Å². The highest BCUT2D eigenvalue weighted by Gasteiger charge is 2.16. The summed E-state index contributed by atoms with van der Waals surface area (Å²) in [6.45, 7) is 5.22. The number of halogens is 1. The highest BCUT2D eigenvalue weighted by molar-refractivity contribution is 9.10. The van der Waals surface area contributed by atoms with Gasteiger partial charge in [0.2, 0.25) is 0 Å². The first kappa shape index (κ1) is 16.4. The summed E-state index contributed by atoms with van der Waals surface area (Å²) in [6.07, 6.45) is 0. The van der Waals surface area contributed by atoms with Gasteiger partial charge in [0.05, 0.1) is 7.11 Å². The maximum absolute atomic E-state index is 5.55. The molecule has 0 aliphatic heterocycles. The number of hydrogen-bond acceptors (Lipinski definition) is 3. The lowest BCUT2D eigenvalue weighted by atomic mass is 10.1. The van der Waals surface area contributed by atoms with E-state index in [1.807, 2.05) is 12.1 Å². The van der Waals surface area contributed by atoms with E-state index in [1.165, 1.54) is 15.4 Å².